The number of hydrogen-bond donors (Lipinski definition) is 0. The number of carbonyl (C=O) groups is 2. The molecular formula is C17H17BrN4O3. The van der Waals surface area contributed by atoms with E-state index in [1.54, 1.807) is 41.6 Å². The number of hydrogen-bond acceptors (Lipinski definition) is 6. The van der Waals surface area contributed by atoms with E-state index in [4.69, 9.17) is 4.74 Å². The van der Waals surface area contributed by atoms with Crippen LogP contribution in [0.4, 0.5) is 5.95 Å². The van der Waals surface area contributed by atoms with Crippen LogP contribution < -0.4 is 9.64 Å². The molecule has 7 nitrogen and oxygen atoms in total. The zero-order chi connectivity index (χ0) is 17.6. The number of aldehydes is 1. The first-order chi connectivity index (χ1) is 12.2. The first-order valence-electron chi connectivity index (χ1n) is 7.84. The predicted molar refractivity (Wildman–Crippen MR) is 95.8 cm³/mol. The molecule has 130 valence electrons. The van der Waals surface area contributed by atoms with Gasteiger partial charge in [-0.3, -0.25) is 9.59 Å². The minimum Gasteiger partial charge on any atom is -0.483 e. The largest absolute Gasteiger partial charge is 0.483 e. The number of piperazine rings is 1. The highest BCUT2D eigenvalue weighted by Crippen LogP contribution is 2.21. The summed E-state index contributed by atoms with van der Waals surface area (Å²) in [5.74, 6) is 0.979. The molecule has 1 aliphatic rings. The number of anilines is 1. The maximum Gasteiger partial charge on any atom is 0.260 e. The van der Waals surface area contributed by atoms with Crippen LogP contribution in [-0.2, 0) is 4.79 Å². The van der Waals surface area contributed by atoms with Gasteiger partial charge in [0.05, 0.1) is 5.56 Å². The Kier molecular flexibility index (Phi) is 5.60. The Balaban J connectivity index is 1.52. The summed E-state index contributed by atoms with van der Waals surface area (Å²) in [6.07, 6.45) is 4.12. The second-order valence-electron chi connectivity index (χ2n) is 5.51. The molecular weight excluding hydrogens is 388 g/mol. The molecule has 1 fully saturated rings. The minimum absolute atomic E-state index is 0.0929. The molecule has 0 saturated carbocycles. The molecule has 0 spiro atoms. The van der Waals surface area contributed by atoms with Crippen molar-refractivity contribution in [3.05, 3.63) is 46.7 Å². The van der Waals surface area contributed by atoms with Crippen molar-refractivity contribution in [1.82, 2.24) is 14.9 Å². The Hall–Kier alpha value is -2.48. The van der Waals surface area contributed by atoms with E-state index in [0.717, 1.165) is 4.47 Å². The van der Waals surface area contributed by atoms with Crippen LogP contribution in [0.5, 0.6) is 5.75 Å². The van der Waals surface area contributed by atoms with E-state index in [-0.39, 0.29) is 12.5 Å². The maximum absolute atomic E-state index is 12.3. The Morgan fingerprint density at radius 2 is 1.92 bits per heavy atom. The smallest absolute Gasteiger partial charge is 0.260 e. The zero-order valence-corrected chi connectivity index (χ0v) is 15.1. The molecule has 0 radical (unpaired) electrons. The molecule has 1 aliphatic heterocycles. The van der Waals surface area contributed by atoms with Crippen LogP contribution in [0.15, 0.2) is 41.1 Å². The van der Waals surface area contributed by atoms with Gasteiger partial charge in [0.1, 0.15) is 5.75 Å². The Bertz CT molecular complexity index is 749. The monoisotopic (exact) mass is 404 g/mol. The van der Waals surface area contributed by atoms with E-state index >= 15 is 0 Å². The number of ether oxygens (including phenoxy) is 1. The molecule has 0 unspecified atom stereocenters. The molecule has 0 aliphatic carbocycles. The first kappa shape index (κ1) is 17.3. The quantitative estimate of drug-likeness (QED) is 0.706. The standard InChI is InChI=1S/C17H17BrN4O3/c18-14-2-3-15(13(10-14)11-23)25-12-16(24)21-6-8-22(9-7-21)17-19-4-1-5-20-17/h1-5,10-11H,6-9,12H2. The predicted octanol–water partition coefficient (Wildman–Crippen LogP) is 1.78. The summed E-state index contributed by atoms with van der Waals surface area (Å²) < 4.78 is 6.31. The second kappa shape index (κ2) is 8.06. The summed E-state index contributed by atoms with van der Waals surface area (Å²) in [4.78, 5) is 35.7. The van der Waals surface area contributed by atoms with Crippen molar-refractivity contribution >= 4 is 34.1 Å². The van der Waals surface area contributed by atoms with Crippen LogP contribution >= 0.6 is 15.9 Å². The molecule has 0 bridgehead atoms. The van der Waals surface area contributed by atoms with Crippen molar-refractivity contribution in [2.24, 2.45) is 0 Å². The van der Waals surface area contributed by atoms with Crippen molar-refractivity contribution in [3.63, 3.8) is 0 Å². The average molecular weight is 405 g/mol. The van der Waals surface area contributed by atoms with Crippen molar-refractivity contribution in [1.29, 1.82) is 0 Å². The lowest BCUT2D eigenvalue weighted by Crippen LogP contribution is -2.50. The van der Waals surface area contributed by atoms with Gasteiger partial charge in [-0.25, -0.2) is 9.97 Å². The van der Waals surface area contributed by atoms with Gasteiger partial charge in [0, 0.05) is 43.0 Å². The van der Waals surface area contributed by atoms with Crippen LogP contribution in [0.25, 0.3) is 0 Å². The van der Waals surface area contributed by atoms with Crippen molar-refractivity contribution in [2.45, 2.75) is 0 Å². The number of benzene rings is 1. The van der Waals surface area contributed by atoms with Gasteiger partial charge in [-0.15, -0.1) is 0 Å². The molecule has 0 atom stereocenters. The average Bonchev–Trinajstić information content (AvgIpc) is 2.67. The molecule has 8 heteroatoms. The lowest BCUT2D eigenvalue weighted by atomic mass is 10.2. The van der Waals surface area contributed by atoms with E-state index in [1.165, 1.54) is 0 Å². The molecule has 0 N–H and O–H groups in total. The SMILES string of the molecule is O=Cc1cc(Br)ccc1OCC(=O)N1CCN(c2ncccn2)CC1. The van der Waals surface area contributed by atoms with Crippen LogP contribution in [-0.4, -0.2) is 59.8 Å². The number of nitrogens with zero attached hydrogens (tertiary/aromatic N) is 4. The van der Waals surface area contributed by atoms with Crippen molar-refractivity contribution in [3.8, 4) is 5.75 Å². The highest BCUT2D eigenvalue weighted by Gasteiger charge is 2.22. The molecule has 25 heavy (non-hydrogen) atoms. The number of amides is 1. The van der Waals surface area contributed by atoms with Crippen LogP contribution in [0.2, 0.25) is 0 Å². The summed E-state index contributed by atoms with van der Waals surface area (Å²) in [7, 11) is 0. The third kappa shape index (κ3) is 4.33. The lowest BCUT2D eigenvalue weighted by Gasteiger charge is -2.34. The highest BCUT2D eigenvalue weighted by atomic mass is 79.9. The zero-order valence-electron chi connectivity index (χ0n) is 13.5. The molecule has 1 saturated heterocycles. The third-order valence-corrected chi connectivity index (χ3v) is 4.41. The van der Waals surface area contributed by atoms with Gasteiger partial charge >= 0.3 is 0 Å². The number of halogens is 1. The maximum atomic E-state index is 12.3. The molecule has 1 amide bonds. The Labute approximate surface area is 153 Å². The van der Waals surface area contributed by atoms with Crippen LogP contribution in [0.3, 0.4) is 0 Å². The summed E-state index contributed by atoms with van der Waals surface area (Å²) in [5.41, 5.74) is 0.410. The van der Waals surface area contributed by atoms with Gasteiger partial charge in [-0.05, 0) is 24.3 Å². The molecule has 3 rings (SSSR count). The van der Waals surface area contributed by atoms with Gasteiger partial charge in [-0.2, -0.15) is 0 Å². The van der Waals surface area contributed by atoms with E-state index in [0.29, 0.717) is 49.7 Å². The van der Waals surface area contributed by atoms with E-state index < -0.39 is 0 Å². The molecule has 1 aromatic heterocycles. The van der Waals surface area contributed by atoms with E-state index in [2.05, 4.69) is 25.9 Å². The normalized spacial score (nSPS) is 14.3. The van der Waals surface area contributed by atoms with E-state index in [1.807, 2.05) is 4.90 Å². The second-order valence-corrected chi connectivity index (χ2v) is 6.42. The van der Waals surface area contributed by atoms with Crippen molar-refractivity contribution in [2.75, 3.05) is 37.7 Å². The number of rotatable bonds is 5. The molecule has 2 heterocycles. The molecule has 1 aromatic carbocycles. The fourth-order valence-electron chi connectivity index (χ4n) is 2.58. The fourth-order valence-corrected chi connectivity index (χ4v) is 2.96. The van der Waals surface area contributed by atoms with Crippen LogP contribution in [0, 0.1) is 0 Å². The van der Waals surface area contributed by atoms with Crippen molar-refractivity contribution < 1.29 is 14.3 Å². The van der Waals surface area contributed by atoms with Gasteiger partial charge in [0.25, 0.3) is 5.91 Å². The topological polar surface area (TPSA) is 75.6 Å². The first-order valence-corrected chi connectivity index (χ1v) is 8.64. The fraction of sp³-hybridized carbons (Fsp3) is 0.294. The number of carbonyl (C=O) groups excluding carboxylic acids is 2. The van der Waals surface area contributed by atoms with Gasteiger partial charge < -0.3 is 14.5 Å². The summed E-state index contributed by atoms with van der Waals surface area (Å²) in [6, 6.07) is 6.87. The van der Waals surface area contributed by atoms with Gasteiger partial charge in [0.2, 0.25) is 5.95 Å². The summed E-state index contributed by atoms with van der Waals surface area (Å²) in [6.45, 7) is 2.42. The van der Waals surface area contributed by atoms with Gasteiger partial charge in [0.15, 0.2) is 12.9 Å². The van der Waals surface area contributed by atoms with Crippen LogP contribution in [0.1, 0.15) is 10.4 Å². The molecule has 2 aromatic rings. The summed E-state index contributed by atoms with van der Waals surface area (Å²) >= 11 is 3.30. The Morgan fingerprint density at radius 1 is 1.20 bits per heavy atom. The lowest BCUT2D eigenvalue weighted by molar-refractivity contribution is -0.133. The van der Waals surface area contributed by atoms with E-state index in [9.17, 15) is 9.59 Å². The minimum atomic E-state index is -0.103. The van der Waals surface area contributed by atoms with Gasteiger partial charge in [-0.1, -0.05) is 15.9 Å². The highest BCUT2D eigenvalue weighted by molar-refractivity contribution is 9.10. The number of aromatic nitrogens is 2. The third-order valence-electron chi connectivity index (χ3n) is 3.92. The Morgan fingerprint density at radius 3 is 2.60 bits per heavy atom. The summed E-state index contributed by atoms with van der Waals surface area (Å²) in [5, 5.41) is 0.